The molecule has 3 heteroatoms. The van der Waals surface area contributed by atoms with Crippen molar-refractivity contribution in [3.63, 3.8) is 0 Å². The zero-order chi connectivity index (χ0) is 14.1. The molecule has 3 rings (SSSR count). The molecule has 2 N–H and O–H groups in total. The van der Waals surface area contributed by atoms with Gasteiger partial charge in [-0.15, -0.1) is 0 Å². The van der Waals surface area contributed by atoms with Gasteiger partial charge < -0.3 is 5.73 Å². The third kappa shape index (κ3) is 2.74. The third-order valence-corrected chi connectivity index (χ3v) is 5.48. The molecule has 1 aromatic rings. The van der Waals surface area contributed by atoms with Crippen LogP contribution in [-0.4, -0.2) is 24.0 Å². The van der Waals surface area contributed by atoms with E-state index in [-0.39, 0.29) is 0 Å². The molecule has 2 nitrogen and oxygen atoms in total. The highest BCUT2D eigenvalue weighted by Gasteiger charge is 2.40. The maximum absolute atomic E-state index is 6.34. The monoisotopic (exact) mass is 292 g/mol. The second-order valence-corrected chi connectivity index (χ2v) is 6.89. The molecule has 0 radical (unpaired) electrons. The van der Waals surface area contributed by atoms with Crippen LogP contribution < -0.4 is 5.73 Å². The summed E-state index contributed by atoms with van der Waals surface area (Å²) in [6, 6.07) is 9.26. The largest absolute Gasteiger partial charge is 0.327 e. The number of nitrogens with two attached hydrogens (primary N) is 1. The summed E-state index contributed by atoms with van der Waals surface area (Å²) in [5.74, 6) is 1.52. The highest BCUT2D eigenvalue weighted by atomic mass is 35.5. The number of hydrogen-bond donors (Lipinski definition) is 1. The molecule has 1 aromatic carbocycles. The van der Waals surface area contributed by atoms with Crippen LogP contribution in [0.25, 0.3) is 0 Å². The molecule has 2 aliphatic rings. The Bertz CT molecular complexity index is 462. The van der Waals surface area contributed by atoms with Gasteiger partial charge in [-0.25, -0.2) is 0 Å². The van der Waals surface area contributed by atoms with Gasteiger partial charge in [0.2, 0.25) is 0 Å². The second-order valence-electron chi connectivity index (χ2n) is 6.45. The van der Waals surface area contributed by atoms with Gasteiger partial charge in [0.25, 0.3) is 0 Å². The van der Waals surface area contributed by atoms with Crippen molar-refractivity contribution in [3.8, 4) is 0 Å². The molecule has 0 spiro atoms. The van der Waals surface area contributed by atoms with Crippen LogP contribution in [0.3, 0.4) is 0 Å². The summed E-state index contributed by atoms with van der Waals surface area (Å²) in [5, 5.41) is 0.842. The summed E-state index contributed by atoms with van der Waals surface area (Å²) in [5.41, 5.74) is 7.69. The Balaban J connectivity index is 1.77. The zero-order valence-electron chi connectivity index (χ0n) is 12.3. The second kappa shape index (κ2) is 6.05. The Morgan fingerprint density at radius 2 is 2.20 bits per heavy atom. The van der Waals surface area contributed by atoms with Crippen molar-refractivity contribution in [3.05, 3.63) is 34.9 Å². The van der Waals surface area contributed by atoms with Crippen molar-refractivity contribution in [2.75, 3.05) is 13.1 Å². The first-order valence-corrected chi connectivity index (χ1v) is 8.32. The molecule has 4 atom stereocenters. The summed E-state index contributed by atoms with van der Waals surface area (Å²) >= 11 is 6.16. The molecule has 110 valence electrons. The SMILES string of the molecule is CCC(c1cccc(Cl)c1)N1CC2CCCC(N)C2C1. The quantitative estimate of drug-likeness (QED) is 0.917. The fourth-order valence-corrected chi connectivity index (χ4v) is 4.42. The third-order valence-electron chi connectivity index (χ3n) is 5.24. The van der Waals surface area contributed by atoms with Crippen LogP contribution >= 0.6 is 11.6 Å². The van der Waals surface area contributed by atoms with Crippen molar-refractivity contribution in [1.82, 2.24) is 4.90 Å². The van der Waals surface area contributed by atoms with Crippen LogP contribution in [0.1, 0.15) is 44.2 Å². The van der Waals surface area contributed by atoms with Gasteiger partial charge in [-0.3, -0.25) is 4.90 Å². The molecule has 20 heavy (non-hydrogen) atoms. The first-order valence-electron chi connectivity index (χ1n) is 7.94. The lowest BCUT2D eigenvalue weighted by Crippen LogP contribution is -2.38. The van der Waals surface area contributed by atoms with Gasteiger partial charge in [0.1, 0.15) is 0 Å². The number of rotatable bonds is 3. The van der Waals surface area contributed by atoms with E-state index in [0.717, 1.165) is 23.9 Å². The van der Waals surface area contributed by atoms with Gasteiger partial charge in [-0.2, -0.15) is 0 Å². The number of benzene rings is 1. The minimum atomic E-state index is 0.413. The number of halogens is 1. The average Bonchev–Trinajstić information content (AvgIpc) is 2.85. The molecule has 2 fully saturated rings. The zero-order valence-corrected chi connectivity index (χ0v) is 13.0. The Morgan fingerprint density at radius 1 is 1.35 bits per heavy atom. The van der Waals surface area contributed by atoms with Crippen LogP contribution in [-0.2, 0) is 0 Å². The summed E-state index contributed by atoms with van der Waals surface area (Å²) in [6.45, 7) is 4.65. The average molecular weight is 293 g/mol. The van der Waals surface area contributed by atoms with E-state index in [2.05, 4.69) is 30.0 Å². The van der Waals surface area contributed by atoms with Crippen LogP contribution in [0.15, 0.2) is 24.3 Å². The van der Waals surface area contributed by atoms with Crippen molar-refractivity contribution in [2.24, 2.45) is 17.6 Å². The lowest BCUT2D eigenvalue weighted by atomic mass is 9.78. The van der Waals surface area contributed by atoms with Crippen molar-refractivity contribution in [1.29, 1.82) is 0 Å². The standard InChI is InChI=1S/C17H25ClN2/c1-2-17(12-5-3-7-14(18)9-12)20-10-13-6-4-8-16(19)15(13)11-20/h3,5,7,9,13,15-17H,2,4,6,8,10-11,19H2,1H3. The van der Waals surface area contributed by atoms with Crippen LogP contribution in [0, 0.1) is 11.8 Å². The number of nitrogens with zero attached hydrogens (tertiary/aromatic N) is 1. The van der Waals surface area contributed by atoms with Gasteiger partial charge in [0, 0.05) is 30.2 Å². The van der Waals surface area contributed by atoms with Crippen molar-refractivity contribution < 1.29 is 0 Å². The lowest BCUT2D eigenvalue weighted by Gasteiger charge is -2.30. The highest BCUT2D eigenvalue weighted by Crippen LogP contribution is 2.40. The summed E-state index contributed by atoms with van der Waals surface area (Å²) in [4.78, 5) is 2.65. The minimum absolute atomic E-state index is 0.413. The van der Waals surface area contributed by atoms with Gasteiger partial charge in [0.05, 0.1) is 0 Å². The molecular formula is C17H25ClN2. The topological polar surface area (TPSA) is 29.3 Å². The Kier molecular flexibility index (Phi) is 4.34. The number of likely N-dealkylation sites (tertiary alicyclic amines) is 1. The predicted octanol–water partition coefficient (Wildman–Crippen LogP) is 3.85. The summed E-state index contributed by atoms with van der Waals surface area (Å²) < 4.78 is 0. The molecule has 1 aliphatic carbocycles. The Morgan fingerprint density at radius 3 is 2.90 bits per heavy atom. The molecule has 1 aliphatic heterocycles. The maximum Gasteiger partial charge on any atom is 0.0409 e. The van der Waals surface area contributed by atoms with Crippen LogP contribution in [0.5, 0.6) is 0 Å². The summed E-state index contributed by atoms with van der Waals surface area (Å²) in [7, 11) is 0. The van der Waals surface area contributed by atoms with Crippen molar-refractivity contribution in [2.45, 2.75) is 44.7 Å². The van der Waals surface area contributed by atoms with E-state index in [1.54, 1.807) is 0 Å². The first kappa shape index (κ1) is 14.4. The van der Waals surface area contributed by atoms with Crippen LogP contribution in [0.2, 0.25) is 5.02 Å². The van der Waals surface area contributed by atoms with E-state index in [1.807, 2.05) is 6.07 Å². The van der Waals surface area contributed by atoms with E-state index in [9.17, 15) is 0 Å². The number of fused-ring (bicyclic) bond motifs is 1. The first-order chi connectivity index (χ1) is 9.69. The fourth-order valence-electron chi connectivity index (χ4n) is 4.22. The van der Waals surface area contributed by atoms with Gasteiger partial charge in [-0.05, 0) is 48.8 Å². The number of hydrogen-bond acceptors (Lipinski definition) is 2. The molecule has 0 bridgehead atoms. The van der Waals surface area contributed by atoms with E-state index in [0.29, 0.717) is 18.0 Å². The Labute approximate surface area is 127 Å². The molecule has 1 saturated carbocycles. The normalized spacial score (nSPS) is 32.0. The summed E-state index contributed by atoms with van der Waals surface area (Å²) in [6.07, 6.45) is 5.02. The molecule has 1 heterocycles. The Hall–Kier alpha value is -0.570. The molecule has 0 aromatic heterocycles. The van der Waals surface area contributed by atoms with Crippen LogP contribution in [0.4, 0.5) is 0 Å². The van der Waals surface area contributed by atoms with E-state index in [4.69, 9.17) is 17.3 Å². The van der Waals surface area contributed by atoms with Gasteiger partial charge in [-0.1, -0.05) is 37.1 Å². The van der Waals surface area contributed by atoms with Gasteiger partial charge in [0.15, 0.2) is 0 Å². The van der Waals surface area contributed by atoms with E-state index in [1.165, 1.54) is 31.4 Å². The lowest BCUT2D eigenvalue weighted by molar-refractivity contribution is 0.225. The molecule has 4 unspecified atom stereocenters. The molecule has 1 saturated heterocycles. The maximum atomic E-state index is 6.34. The highest BCUT2D eigenvalue weighted by molar-refractivity contribution is 6.30. The molecule has 0 amide bonds. The predicted molar refractivity (Wildman–Crippen MR) is 84.9 cm³/mol. The van der Waals surface area contributed by atoms with Crippen molar-refractivity contribution >= 4 is 11.6 Å². The minimum Gasteiger partial charge on any atom is -0.327 e. The van der Waals surface area contributed by atoms with Gasteiger partial charge >= 0.3 is 0 Å². The van der Waals surface area contributed by atoms with E-state index < -0.39 is 0 Å². The molecular weight excluding hydrogens is 268 g/mol. The smallest absolute Gasteiger partial charge is 0.0409 e. The fraction of sp³-hybridized carbons (Fsp3) is 0.647. The van der Waals surface area contributed by atoms with E-state index >= 15 is 0 Å².